The van der Waals surface area contributed by atoms with Crippen LogP contribution in [-0.2, 0) is 13.0 Å². The second-order valence-corrected chi connectivity index (χ2v) is 6.55. The van der Waals surface area contributed by atoms with Crippen LogP contribution in [0.4, 0.5) is 0 Å². The Morgan fingerprint density at radius 1 is 1.50 bits per heavy atom. The van der Waals surface area contributed by atoms with Crippen molar-refractivity contribution in [2.75, 3.05) is 18.7 Å². The highest BCUT2D eigenvalue weighted by atomic mass is 35.5. The molecule has 0 bridgehead atoms. The minimum Gasteiger partial charge on any atom is -0.479 e. The molecule has 20 heavy (non-hydrogen) atoms. The Morgan fingerprint density at radius 2 is 2.40 bits per heavy atom. The highest BCUT2D eigenvalue weighted by Crippen LogP contribution is 2.30. The Bertz CT molecular complexity index is 597. The highest BCUT2D eigenvalue weighted by molar-refractivity contribution is 8.00. The summed E-state index contributed by atoms with van der Waals surface area (Å²) >= 11 is 7.93. The molecular weight excluding hydrogens is 296 g/mol. The van der Waals surface area contributed by atoms with Gasteiger partial charge in [-0.2, -0.15) is 16.7 Å². The van der Waals surface area contributed by atoms with Crippen LogP contribution in [0, 0.1) is 0 Å². The largest absolute Gasteiger partial charge is 0.479 e. The van der Waals surface area contributed by atoms with Gasteiger partial charge in [-0.25, -0.2) is 9.97 Å². The second-order valence-electron chi connectivity index (χ2n) is 4.77. The van der Waals surface area contributed by atoms with Crippen LogP contribution in [0.3, 0.4) is 0 Å². The number of imidazole rings is 1. The van der Waals surface area contributed by atoms with Gasteiger partial charge in [0.25, 0.3) is 0 Å². The molecule has 0 saturated carbocycles. The average Bonchev–Trinajstić information content (AvgIpc) is 3.08. The van der Waals surface area contributed by atoms with Crippen LogP contribution < -0.4 is 4.74 Å². The normalized spacial score (nSPS) is 18.8. The number of halogens is 1. The number of alkyl halides is 1. The molecule has 1 aliphatic rings. The van der Waals surface area contributed by atoms with Gasteiger partial charge in [-0.05, 0) is 18.6 Å². The summed E-state index contributed by atoms with van der Waals surface area (Å²) in [4.78, 5) is 13.2. The quantitative estimate of drug-likeness (QED) is 0.794. The van der Waals surface area contributed by atoms with Gasteiger partial charge >= 0.3 is 0 Å². The summed E-state index contributed by atoms with van der Waals surface area (Å²) in [5.41, 5.74) is 1.59. The maximum absolute atomic E-state index is 5.90. The molecule has 7 heteroatoms. The third kappa shape index (κ3) is 2.59. The molecule has 0 aromatic carbocycles. The fraction of sp³-hybridized carbons (Fsp3) is 0.615. The third-order valence-corrected chi connectivity index (χ3v) is 5.07. The minimum absolute atomic E-state index is 0.531. The molecule has 3 heterocycles. The predicted molar refractivity (Wildman–Crippen MR) is 81.8 cm³/mol. The maximum Gasteiger partial charge on any atom is 0.245 e. The van der Waals surface area contributed by atoms with Crippen LogP contribution in [0.25, 0.3) is 11.2 Å². The molecule has 1 atom stereocenters. The number of aryl methyl sites for hydroxylation is 1. The molecule has 1 aliphatic heterocycles. The zero-order chi connectivity index (χ0) is 13.9. The predicted octanol–water partition coefficient (Wildman–Crippen LogP) is 2.51. The lowest BCUT2D eigenvalue weighted by molar-refractivity contribution is 0.401. The number of aromatic nitrogens is 4. The topological polar surface area (TPSA) is 52.8 Å². The lowest BCUT2D eigenvalue weighted by Crippen LogP contribution is -2.13. The van der Waals surface area contributed by atoms with Gasteiger partial charge < -0.3 is 9.30 Å². The molecule has 2 aromatic heterocycles. The summed E-state index contributed by atoms with van der Waals surface area (Å²) in [6.45, 7) is 0.938. The fourth-order valence-electron chi connectivity index (χ4n) is 2.57. The van der Waals surface area contributed by atoms with Crippen LogP contribution >= 0.6 is 23.4 Å². The van der Waals surface area contributed by atoms with E-state index in [0.717, 1.165) is 30.0 Å². The first kappa shape index (κ1) is 13.9. The summed E-state index contributed by atoms with van der Waals surface area (Å²) in [5.74, 6) is 3.31. The van der Waals surface area contributed by atoms with Crippen LogP contribution in [0.1, 0.15) is 18.7 Å². The molecule has 3 rings (SSSR count). The van der Waals surface area contributed by atoms with Crippen molar-refractivity contribution in [2.45, 2.75) is 31.1 Å². The lowest BCUT2D eigenvalue weighted by atomic mass is 10.2. The van der Waals surface area contributed by atoms with E-state index in [1.165, 1.54) is 24.9 Å². The van der Waals surface area contributed by atoms with E-state index in [1.54, 1.807) is 7.11 Å². The van der Waals surface area contributed by atoms with Gasteiger partial charge in [0.15, 0.2) is 11.2 Å². The van der Waals surface area contributed by atoms with Crippen molar-refractivity contribution >= 4 is 34.5 Å². The molecule has 5 nitrogen and oxygen atoms in total. The molecule has 0 spiro atoms. The van der Waals surface area contributed by atoms with E-state index in [-0.39, 0.29) is 0 Å². The van der Waals surface area contributed by atoms with Crippen molar-refractivity contribution in [3.8, 4) is 5.88 Å². The molecule has 0 aliphatic carbocycles. The summed E-state index contributed by atoms with van der Waals surface area (Å²) in [7, 11) is 1.61. The summed E-state index contributed by atoms with van der Waals surface area (Å²) in [6.07, 6.45) is 4.82. The van der Waals surface area contributed by atoms with Crippen molar-refractivity contribution in [2.24, 2.45) is 0 Å². The standard InChI is InChI=1S/C13H17ClN4OS/c1-19-13-11-12(15-8-16-13)18(10(17-11)4-5-14)7-9-3-2-6-20-9/h8-9H,2-7H2,1H3. The molecule has 1 unspecified atom stereocenters. The third-order valence-electron chi connectivity index (χ3n) is 3.50. The molecule has 1 fully saturated rings. The lowest BCUT2D eigenvalue weighted by Gasteiger charge is -2.12. The van der Waals surface area contributed by atoms with Gasteiger partial charge in [0.2, 0.25) is 5.88 Å². The van der Waals surface area contributed by atoms with Crippen LogP contribution in [0.15, 0.2) is 6.33 Å². The molecule has 0 radical (unpaired) electrons. The van der Waals surface area contributed by atoms with Crippen molar-refractivity contribution in [3.05, 3.63) is 12.2 Å². The number of ether oxygens (including phenoxy) is 1. The zero-order valence-corrected chi connectivity index (χ0v) is 13.0. The molecule has 0 N–H and O–H groups in total. The van der Waals surface area contributed by atoms with Gasteiger partial charge in [-0.3, -0.25) is 0 Å². The summed E-state index contributed by atoms with van der Waals surface area (Å²) in [5, 5.41) is 0.641. The van der Waals surface area contributed by atoms with Crippen LogP contribution in [0.2, 0.25) is 0 Å². The van der Waals surface area contributed by atoms with Gasteiger partial charge in [-0.1, -0.05) is 0 Å². The fourth-order valence-corrected chi connectivity index (χ4v) is 3.99. The first-order valence-corrected chi connectivity index (χ1v) is 8.33. The van der Waals surface area contributed by atoms with E-state index in [0.29, 0.717) is 17.0 Å². The first-order chi connectivity index (χ1) is 9.83. The van der Waals surface area contributed by atoms with Crippen molar-refractivity contribution in [1.29, 1.82) is 0 Å². The summed E-state index contributed by atoms with van der Waals surface area (Å²) in [6, 6.07) is 0. The first-order valence-electron chi connectivity index (χ1n) is 6.75. The van der Waals surface area contributed by atoms with Crippen molar-refractivity contribution < 1.29 is 4.74 Å². The zero-order valence-electron chi connectivity index (χ0n) is 11.4. The van der Waals surface area contributed by atoms with Crippen molar-refractivity contribution in [3.63, 3.8) is 0 Å². The van der Waals surface area contributed by atoms with Gasteiger partial charge in [0, 0.05) is 24.1 Å². The van der Waals surface area contributed by atoms with Crippen LogP contribution in [-0.4, -0.2) is 43.5 Å². The van der Waals surface area contributed by atoms with E-state index in [4.69, 9.17) is 16.3 Å². The number of hydrogen-bond acceptors (Lipinski definition) is 5. The number of rotatable bonds is 5. The number of thioether (sulfide) groups is 1. The van der Waals surface area contributed by atoms with Gasteiger partial charge in [0.05, 0.1) is 7.11 Å². The molecule has 1 saturated heterocycles. The summed E-state index contributed by atoms with van der Waals surface area (Å²) < 4.78 is 7.46. The highest BCUT2D eigenvalue weighted by Gasteiger charge is 2.21. The Kier molecular flexibility index (Phi) is 4.31. The molecule has 0 amide bonds. The number of methoxy groups -OCH3 is 1. The second kappa shape index (κ2) is 6.18. The van der Waals surface area contributed by atoms with E-state index in [9.17, 15) is 0 Å². The van der Waals surface area contributed by atoms with Crippen molar-refractivity contribution in [1.82, 2.24) is 19.5 Å². The maximum atomic E-state index is 5.90. The monoisotopic (exact) mass is 312 g/mol. The Hall–Kier alpha value is -1.01. The smallest absolute Gasteiger partial charge is 0.245 e. The van der Waals surface area contributed by atoms with Gasteiger partial charge in [0.1, 0.15) is 12.2 Å². The van der Waals surface area contributed by atoms with Gasteiger partial charge in [-0.15, -0.1) is 11.6 Å². The van der Waals surface area contributed by atoms with E-state index in [1.807, 2.05) is 11.8 Å². The Labute approximate surface area is 127 Å². The SMILES string of the molecule is COc1ncnc2c1nc(CCCl)n2CC1CCCS1. The number of hydrogen-bond donors (Lipinski definition) is 0. The Balaban J connectivity index is 2.03. The molecule has 2 aromatic rings. The average molecular weight is 313 g/mol. The van der Waals surface area contributed by atoms with Crippen LogP contribution in [0.5, 0.6) is 5.88 Å². The van der Waals surface area contributed by atoms with E-state index in [2.05, 4.69) is 19.5 Å². The minimum atomic E-state index is 0.531. The molecular formula is C13H17ClN4OS. The number of fused-ring (bicyclic) bond motifs is 1. The van der Waals surface area contributed by atoms with E-state index < -0.39 is 0 Å². The van der Waals surface area contributed by atoms with E-state index >= 15 is 0 Å². The molecule has 108 valence electrons. The Morgan fingerprint density at radius 3 is 3.10 bits per heavy atom. The number of nitrogens with zero attached hydrogens (tertiary/aromatic N) is 4.